The fourth-order valence-electron chi connectivity index (χ4n) is 0.573. The van der Waals surface area contributed by atoms with Crippen LogP contribution in [0.25, 0.3) is 6.08 Å². The van der Waals surface area contributed by atoms with E-state index in [0.29, 0.717) is 0 Å². The van der Waals surface area contributed by atoms with E-state index in [1.807, 2.05) is 11.4 Å². The maximum absolute atomic E-state index is 12.3. The molecule has 0 saturated carbocycles. The van der Waals surface area contributed by atoms with Crippen LogP contribution in [0.1, 0.15) is 4.88 Å². The van der Waals surface area contributed by atoms with Gasteiger partial charge in [0.05, 0.1) is 6.61 Å². The fourth-order valence-corrected chi connectivity index (χ4v) is 1.24. The van der Waals surface area contributed by atoms with Crippen molar-refractivity contribution in [2.45, 2.75) is 0 Å². The molecule has 0 radical (unpaired) electrons. The molecule has 0 aromatic carbocycles. The number of hydrogen-bond acceptors (Lipinski definition) is 2. The van der Waals surface area contributed by atoms with Crippen molar-refractivity contribution in [2.24, 2.45) is 0 Å². The molecule has 3 heteroatoms. The quantitative estimate of drug-likeness (QED) is 0.698. The molecule has 54 valence electrons. The zero-order valence-corrected chi connectivity index (χ0v) is 6.07. The highest BCUT2D eigenvalue weighted by molar-refractivity contribution is 7.10. The first kappa shape index (κ1) is 7.44. The summed E-state index contributed by atoms with van der Waals surface area (Å²) >= 11 is 1.44. The van der Waals surface area contributed by atoms with Crippen molar-refractivity contribution in [3.63, 3.8) is 0 Å². The van der Waals surface area contributed by atoms with Gasteiger partial charge in [0.2, 0.25) is 0 Å². The summed E-state index contributed by atoms with van der Waals surface area (Å²) in [6.45, 7) is -0.516. The highest BCUT2D eigenvalue weighted by Crippen LogP contribution is 2.13. The average molecular weight is 158 g/mol. The lowest BCUT2D eigenvalue weighted by Crippen LogP contribution is -1.79. The lowest BCUT2D eigenvalue weighted by Gasteiger charge is -1.86. The van der Waals surface area contributed by atoms with Crippen LogP contribution < -0.4 is 0 Å². The predicted octanol–water partition coefficient (Wildman–Crippen LogP) is 2.05. The molecule has 1 aromatic heterocycles. The molecule has 1 aromatic rings. The summed E-state index contributed by atoms with van der Waals surface area (Å²) in [7, 11) is 0. The van der Waals surface area contributed by atoms with E-state index >= 15 is 0 Å². The largest absolute Gasteiger partial charge is 0.389 e. The highest BCUT2D eigenvalue weighted by atomic mass is 32.1. The van der Waals surface area contributed by atoms with Gasteiger partial charge in [0.1, 0.15) is 5.83 Å². The van der Waals surface area contributed by atoms with Gasteiger partial charge in [-0.3, -0.25) is 0 Å². The summed E-state index contributed by atoms with van der Waals surface area (Å²) in [4.78, 5) is 0.826. The van der Waals surface area contributed by atoms with Crippen molar-refractivity contribution >= 4 is 17.4 Å². The highest BCUT2D eigenvalue weighted by Gasteiger charge is 1.92. The molecule has 0 atom stereocenters. The number of halogens is 1. The number of hydrogen-bond donors (Lipinski definition) is 1. The van der Waals surface area contributed by atoms with Crippen LogP contribution in [0.15, 0.2) is 23.3 Å². The minimum absolute atomic E-state index is 0.498. The third-order valence-corrected chi connectivity index (χ3v) is 1.81. The van der Waals surface area contributed by atoms with Crippen molar-refractivity contribution < 1.29 is 9.50 Å². The van der Waals surface area contributed by atoms with Crippen LogP contribution in [0.3, 0.4) is 0 Å². The molecule has 1 N–H and O–H groups in total. The fraction of sp³-hybridized carbons (Fsp3) is 0.143. The zero-order chi connectivity index (χ0) is 7.40. The molecule has 0 aliphatic rings. The smallest absolute Gasteiger partial charge is 0.127 e. The van der Waals surface area contributed by atoms with E-state index in [1.165, 1.54) is 17.4 Å². The molecule has 0 bridgehead atoms. The Hall–Kier alpha value is -0.670. The van der Waals surface area contributed by atoms with E-state index in [-0.39, 0.29) is 0 Å². The average Bonchev–Trinajstić information content (AvgIpc) is 2.40. The number of rotatable bonds is 2. The van der Waals surface area contributed by atoms with E-state index in [2.05, 4.69) is 0 Å². The Balaban J connectivity index is 2.71. The second kappa shape index (κ2) is 3.49. The van der Waals surface area contributed by atoms with Crippen LogP contribution in [-0.2, 0) is 0 Å². The van der Waals surface area contributed by atoms with Gasteiger partial charge in [0, 0.05) is 4.88 Å². The summed E-state index contributed by atoms with van der Waals surface area (Å²) in [6, 6.07) is 3.63. The molecule has 0 amide bonds. The van der Waals surface area contributed by atoms with Gasteiger partial charge in [-0.05, 0) is 17.5 Å². The SMILES string of the molecule is OC/C(F)=C/c1cccs1. The van der Waals surface area contributed by atoms with E-state index in [4.69, 9.17) is 5.11 Å². The summed E-state index contributed by atoms with van der Waals surface area (Å²) in [5.41, 5.74) is 0. The van der Waals surface area contributed by atoms with Gasteiger partial charge in [0.15, 0.2) is 0 Å². The van der Waals surface area contributed by atoms with Crippen LogP contribution in [0.2, 0.25) is 0 Å². The maximum atomic E-state index is 12.3. The molecule has 0 aliphatic carbocycles. The molecule has 0 spiro atoms. The Morgan fingerprint density at radius 3 is 3.10 bits per heavy atom. The molecule has 10 heavy (non-hydrogen) atoms. The van der Waals surface area contributed by atoms with Gasteiger partial charge in [-0.2, -0.15) is 0 Å². The predicted molar refractivity (Wildman–Crippen MR) is 40.5 cm³/mol. The summed E-state index contributed by atoms with van der Waals surface area (Å²) < 4.78 is 12.3. The lowest BCUT2D eigenvalue weighted by molar-refractivity contribution is 0.300. The van der Waals surface area contributed by atoms with Gasteiger partial charge in [0.25, 0.3) is 0 Å². The Kier molecular flexibility index (Phi) is 2.59. The molecule has 0 saturated heterocycles. The molecule has 0 fully saturated rings. The molecule has 0 unspecified atom stereocenters. The first-order valence-electron chi connectivity index (χ1n) is 2.83. The Morgan fingerprint density at radius 2 is 2.60 bits per heavy atom. The Bertz CT molecular complexity index is 216. The van der Waals surface area contributed by atoms with Gasteiger partial charge >= 0.3 is 0 Å². The van der Waals surface area contributed by atoms with Crippen LogP contribution in [0.5, 0.6) is 0 Å². The third-order valence-electron chi connectivity index (χ3n) is 0.993. The normalized spacial score (nSPS) is 12.0. The van der Waals surface area contributed by atoms with Crippen LogP contribution in [0.4, 0.5) is 4.39 Å². The van der Waals surface area contributed by atoms with Crippen molar-refractivity contribution in [3.8, 4) is 0 Å². The zero-order valence-electron chi connectivity index (χ0n) is 5.25. The second-order valence-corrected chi connectivity index (χ2v) is 2.74. The van der Waals surface area contributed by atoms with Crippen molar-refractivity contribution in [1.29, 1.82) is 0 Å². The molecule has 1 rings (SSSR count). The van der Waals surface area contributed by atoms with Crippen LogP contribution in [0, 0.1) is 0 Å². The Morgan fingerprint density at radius 1 is 1.80 bits per heavy atom. The Labute approximate surface area is 62.4 Å². The summed E-state index contributed by atoms with van der Waals surface area (Å²) in [6.07, 6.45) is 1.32. The minimum Gasteiger partial charge on any atom is -0.389 e. The maximum Gasteiger partial charge on any atom is 0.127 e. The third kappa shape index (κ3) is 1.93. The first-order valence-corrected chi connectivity index (χ1v) is 3.71. The van der Waals surface area contributed by atoms with Gasteiger partial charge in [-0.1, -0.05) is 6.07 Å². The van der Waals surface area contributed by atoms with Crippen LogP contribution >= 0.6 is 11.3 Å². The van der Waals surface area contributed by atoms with E-state index in [9.17, 15) is 4.39 Å². The molecule has 1 nitrogen and oxygen atoms in total. The van der Waals surface area contributed by atoms with Crippen molar-refractivity contribution in [2.75, 3.05) is 6.61 Å². The minimum atomic E-state index is -0.516. The molecular formula is C7H7FOS. The number of aliphatic hydroxyl groups is 1. The van der Waals surface area contributed by atoms with E-state index in [1.54, 1.807) is 6.07 Å². The van der Waals surface area contributed by atoms with Gasteiger partial charge in [-0.15, -0.1) is 11.3 Å². The van der Waals surface area contributed by atoms with Gasteiger partial charge < -0.3 is 5.11 Å². The summed E-state index contributed by atoms with van der Waals surface area (Å²) in [5.74, 6) is -0.498. The van der Waals surface area contributed by atoms with E-state index in [0.717, 1.165) is 4.88 Å². The number of thiophene rings is 1. The summed E-state index contributed by atoms with van der Waals surface area (Å²) in [5, 5.41) is 10.2. The second-order valence-electron chi connectivity index (χ2n) is 1.76. The van der Waals surface area contributed by atoms with Crippen molar-refractivity contribution in [3.05, 3.63) is 28.2 Å². The van der Waals surface area contributed by atoms with Crippen molar-refractivity contribution in [1.82, 2.24) is 0 Å². The standard InChI is InChI=1S/C7H7FOS/c8-6(5-9)4-7-2-1-3-10-7/h1-4,9H,5H2/b6-4-. The van der Waals surface area contributed by atoms with Gasteiger partial charge in [-0.25, -0.2) is 4.39 Å². The topological polar surface area (TPSA) is 20.2 Å². The molecule has 1 heterocycles. The number of aliphatic hydroxyl groups excluding tert-OH is 1. The monoisotopic (exact) mass is 158 g/mol. The molecular weight excluding hydrogens is 151 g/mol. The van der Waals surface area contributed by atoms with Crippen LogP contribution in [-0.4, -0.2) is 11.7 Å². The molecule has 0 aliphatic heterocycles. The first-order chi connectivity index (χ1) is 4.83. The van der Waals surface area contributed by atoms with E-state index < -0.39 is 12.4 Å². The lowest BCUT2D eigenvalue weighted by atomic mass is 10.4.